The number of benzene rings is 1. The molecule has 1 aromatic rings. The number of hydrogen-bond donors (Lipinski definition) is 2. The minimum Gasteiger partial charge on any atom is -0.397 e. The van der Waals surface area contributed by atoms with Crippen molar-refractivity contribution in [2.75, 3.05) is 17.6 Å². The molecule has 3 N–H and O–H groups in total. The number of hydrogen-bond acceptors (Lipinski definition) is 2. The number of nitrogen functional groups attached to an aromatic ring is 1. The standard InChI is InChI=1S/C12H17FN2/c1-8(9-2-3-9)7-15-12-5-4-10(13)6-11(12)14/h4-6,8-9,15H,2-3,7,14H2,1H3. The maximum atomic E-state index is 12.8. The third-order valence-corrected chi connectivity index (χ3v) is 3.05. The van der Waals surface area contributed by atoms with Crippen molar-refractivity contribution in [3.63, 3.8) is 0 Å². The van der Waals surface area contributed by atoms with Crippen molar-refractivity contribution >= 4 is 11.4 Å². The second kappa shape index (κ2) is 4.09. The number of halogens is 1. The first kappa shape index (κ1) is 10.3. The zero-order valence-corrected chi connectivity index (χ0v) is 8.96. The molecule has 0 aliphatic heterocycles. The average Bonchev–Trinajstić information content (AvgIpc) is 2.99. The van der Waals surface area contributed by atoms with Gasteiger partial charge in [-0.05, 0) is 42.9 Å². The van der Waals surface area contributed by atoms with E-state index < -0.39 is 0 Å². The lowest BCUT2D eigenvalue weighted by molar-refractivity contribution is 0.536. The Bertz CT molecular complexity index is 347. The number of rotatable bonds is 4. The summed E-state index contributed by atoms with van der Waals surface area (Å²) in [6.45, 7) is 3.16. The minimum atomic E-state index is -0.284. The maximum Gasteiger partial charge on any atom is 0.125 e. The Kier molecular flexibility index (Phi) is 2.80. The molecule has 2 nitrogen and oxygen atoms in total. The lowest BCUT2D eigenvalue weighted by atomic mass is 10.1. The molecule has 0 aromatic heterocycles. The number of anilines is 2. The molecular weight excluding hydrogens is 191 g/mol. The molecule has 82 valence electrons. The fourth-order valence-electron chi connectivity index (χ4n) is 1.80. The lowest BCUT2D eigenvalue weighted by Crippen LogP contribution is -2.13. The smallest absolute Gasteiger partial charge is 0.125 e. The monoisotopic (exact) mass is 208 g/mol. The van der Waals surface area contributed by atoms with Crippen LogP contribution in [0.3, 0.4) is 0 Å². The van der Waals surface area contributed by atoms with Gasteiger partial charge in [-0.1, -0.05) is 6.92 Å². The Morgan fingerprint density at radius 2 is 2.27 bits per heavy atom. The van der Waals surface area contributed by atoms with Gasteiger partial charge in [-0.3, -0.25) is 0 Å². The van der Waals surface area contributed by atoms with E-state index in [1.54, 1.807) is 6.07 Å². The van der Waals surface area contributed by atoms with Gasteiger partial charge >= 0.3 is 0 Å². The Balaban J connectivity index is 1.92. The van der Waals surface area contributed by atoms with Crippen LogP contribution in [0.15, 0.2) is 18.2 Å². The summed E-state index contributed by atoms with van der Waals surface area (Å²) in [5, 5.41) is 3.27. The molecule has 1 aliphatic rings. The number of nitrogens with one attached hydrogen (secondary N) is 1. The highest BCUT2D eigenvalue weighted by Crippen LogP contribution is 2.36. The molecule has 1 unspecified atom stereocenters. The van der Waals surface area contributed by atoms with Crippen molar-refractivity contribution in [3.05, 3.63) is 24.0 Å². The van der Waals surface area contributed by atoms with Crippen LogP contribution in [0.25, 0.3) is 0 Å². The minimum absolute atomic E-state index is 0.284. The number of nitrogens with two attached hydrogens (primary N) is 1. The second-order valence-corrected chi connectivity index (χ2v) is 4.43. The first-order chi connectivity index (χ1) is 7.16. The van der Waals surface area contributed by atoms with E-state index >= 15 is 0 Å². The van der Waals surface area contributed by atoms with E-state index in [0.717, 1.165) is 18.2 Å². The van der Waals surface area contributed by atoms with E-state index in [4.69, 9.17) is 5.73 Å². The van der Waals surface area contributed by atoms with Gasteiger partial charge in [-0.2, -0.15) is 0 Å². The van der Waals surface area contributed by atoms with Gasteiger partial charge in [0.1, 0.15) is 5.82 Å². The van der Waals surface area contributed by atoms with Crippen LogP contribution in [0.1, 0.15) is 19.8 Å². The van der Waals surface area contributed by atoms with Crippen molar-refractivity contribution in [2.24, 2.45) is 11.8 Å². The van der Waals surface area contributed by atoms with E-state index in [-0.39, 0.29) is 5.82 Å². The topological polar surface area (TPSA) is 38.0 Å². The molecule has 0 saturated heterocycles. The molecule has 1 aliphatic carbocycles. The third-order valence-electron chi connectivity index (χ3n) is 3.05. The van der Waals surface area contributed by atoms with Gasteiger partial charge in [0.05, 0.1) is 11.4 Å². The van der Waals surface area contributed by atoms with Gasteiger partial charge < -0.3 is 11.1 Å². The molecule has 1 saturated carbocycles. The van der Waals surface area contributed by atoms with Gasteiger partial charge in [0.15, 0.2) is 0 Å². The Hall–Kier alpha value is -1.25. The first-order valence-corrected chi connectivity index (χ1v) is 5.45. The normalized spacial score (nSPS) is 17.5. The molecule has 1 atom stereocenters. The molecule has 0 spiro atoms. The summed E-state index contributed by atoms with van der Waals surface area (Å²) in [7, 11) is 0. The molecule has 1 fully saturated rings. The van der Waals surface area contributed by atoms with Crippen molar-refractivity contribution < 1.29 is 4.39 Å². The molecule has 3 heteroatoms. The summed E-state index contributed by atoms with van der Waals surface area (Å²) >= 11 is 0. The van der Waals surface area contributed by atoms with E-state index in [1.807, 2.05) is 0 Å². The van der Waals surface area contributed by atoms with Gasteiger partial charge in [-0.25, -0.2) is 4.39 Å². The van der Waals surface area contributed by atoms with Crippen LogP contribution in [0.5, 0.6) is 0 Å². The first-order valence-electron chi connectivity index (χ1n) is 5.45. The lowest BCUT2D eigenvalue weighted by Gasteiger charge is -2.14. The highest BCUT2D eigenvalue weighted by molar-refractivity contribution is 5.65. The zero-order chi connectivity index (χ0) is 10.8. The fourth-order valence-corrected chi connectivity index (χ4v) is 1.80. The van der Waals surface area contributed by atoms with E-state index in [0.29, 0.717) is 11.6 Å². The van der Waals surface area contributed by atoms with Gasteiger partial charge in [0.25, 0.3) is 0 Å². The maximum absolute atomic E-state index is 12.8. The van der Waals surface area contributed by atoms with Crippen LogP contribution in [0.4, 0.5) is 15.8 Å². The predicted octanol–water partition coefficient (Wildman–Crippen LogP) is 2.87. The van der Waals surface area contributed by atoms with Crippen molar-refractivity contribution in [3.8, 4) is 0 Å². The van der Waals surface area contributed by atoms with Crippen molar-refractivity contribution in [1.82, 2.24) is 0 Å². The van der Waals surface area contributed by atoms with E-state index in [9.17, 15) is 4.39 Å². The quantitative estimate of drug-likeness (QED) is 0.747. The molecule has 1 aromatic carbocycles. The molecule has 0 heterocycles. The third kappa shape index (κ3) is 2.61. The SMILES string of the molecule is CC(CNc1ccc(F)cc1N)C1CC1. The summed E-state index contributed by atoms with van der Waals surface area (Å²) in [5.41, 5.74) is 7.02. The van der Waals surface area contributed by atoms with Gasteiger partial charge in [0.2, 0.25) is 0 Å². The Morgan fingerprint density at radius 3 is 2.87 bits per heavy atom. The predicted molar refractivity (Wildman–Crippen MR) is 61.2 cm³/mol. The summed E-state index contributed by atoms with van der Waals surface area (Å²) < 4.78 is 12.8. The molecule has 0 radical (unpaired) electrons. The zero-order valence-electron chi connectivity index (χ0n) is 8.96. The largest absolute Gasteiger partial charge is 0.397 e. The van der Waals surface area contributed by atoms with Crippen LogP contribution < -0.4 is 11.1 Å². The Morgan fingerprint density at radius 1 is 1.53 bits per heavy atom. The molecule has 15 heavy (non-hydrogen) atoms. The van der Waals surface area contributed by atoms with Crippen molar-refractivity contribution in [1.29, 1.82) is 0 Å². The second-order valence-electron chi connectivity index (χ2n) is 4.43. The summed E-state index contributed by atoms with van der Waals surface area (Å²) in [4.78, 5) is 0. The van der Waals surface area contributed by atoms with Crippen LogP contribution in [-0.2, 0) is 0 Å². The molecule has 2 rings (SSSR count). The van der Waals surface area contributed by atoms with Gasteiger partial charge in [-0.15, -0.1) is 0 Å². The van der Waals surface area contributed by atoms with E-state index in [1.165, 1.54) is 25.0 Å². The average molecular weight is 208 g/mol. The van der Waals surface area contributed by atoms with Crippen LogP contribution in [0.2, 0.25) is 0 Å². The van der Waals surface area contributed by atoms with Crippen LogP contribution >= 0.6 is 0 Å². The highest BCUT2D eigenvalue weighted by Gasteiger charge is 2.27. The fraction of sp³-hybridized carbons (Fsp3) is 0.500. The Labute approximate surface area is 89.7 Å². The summed E-state index contributed by atoms with van der Waals surface area (Å²) in [5.74, 6) is 1.27. The summed E-state index contributed by atoms with van der Waals surface area (Å²) in [6.07, 6.45) is 2.70. The van der Waals surface area contributed by atoms with Crippen LogP contribution in [0, 0.1) is 17.7 Å². The van der Waals surface area contributed by atoms with Crippen molar-refractivity contribution in [2.45, 2.75) is 19.8 Å². The highest BCUT2D eigenvalue weighted by atomic mass is 19.1. The summed E-state index contributed by atoms with van der Waals surface area (Å²) in [6, 6.07) is 4.48. The van der Waals surface area contributed by atoms with Gasteiger partial charge in [0, 0.05) is 6.54 Å². The van der Waals surface area contributed by atoms with E-state index in [2.05, 4.69) is 12.2 Å². The van der Waals surface area contributed by atoms with Crippen LogP contribution in [-0.4, -0.2) is 6.54 Å². The molecule has 0 bridgehead atoms. The molecule has 0 amide bonds. The molecular formula is C12H17FN2.